The van der Waals surface area contributed by atoms with Gasteiger partial charge in [0.2, 0.25) is 0 Å². The highest BCUT2D eigenvalue weighted by Gasteiger charge is 2.40. The molecule has 2 aromatic carbocycles. The minimum absolute atomic E-state index is 0.0723. The van der Waals surface area contributed by atoms with Crippen molar-refractivity contribution in [3.05, 3.63) is 64.6 Å². The van der Waals surface area contributed by atoms with E-state index in [9.17, 15) is 14.7 Å². The molecule has 28 heavy (non-hydrogen) atoms. The monoisotopic (exact) mass is 397 g/mol. The molecule has 0 radical (unpaired) electrons. The normalized spacial score (nSPS) is 14.2. The first-order valence-electron chi connectivity index (χ1n) is 9.24. The quantitative estimate of drug-likeness (QED) is 0.687. The summed E-state index contributed by atoms with van der Waals surface area (Å²) in [6, 6.07) is 14.5. The standard InChI is InChI=1S/C22H23NO4S/c1-3-13-27-17-10-8-16(9-11-17)19-20(28-14-12-24)22(26)23(21(19)25)18-7-5-4-6-15(18)2/h4-11,24H,3,12-14H2,1-2H3. The van der Waals surface area contributed by atoms with E-state index in [1.807, 2.05) is 26.0 Å². The van der Waals surface area contributed by atoms with Crippen LogP contribution >= 0.6 is 11.8 Å². The van der Waals surface area contributed by atoms with Crippen molar-refractivity contribution < 1.29 is 19.4 Å². The molecule has 3 rings (SSSR count). The van der Waals surface area contributed by atoms with Crippen LogP contribution in [0.25, 0.3) is 5.57 Å². The van der Waals surface area contributed by atoms with E-state index in [2.05, 4.69) is 0 Å². The van der Waals surface area contributed by atoms with E-state index < -0.39 is 0 Å². The molecule has 0 unspecified atom stereocenters. The summed E-state index contributed by atoms with van der Waals surface area (Å²) < 4.78 is 5.60. The second-order valence-corrected chi connectivity index (χ2v) is 7.49. The molecule has 1 N–H and O–H groups in total. The van der Waals surface area contributed by atoms with Crippen molar-refractivity contribution in [3.63, 3.8) is 0 Å². The number of benzene rings is 2. The van der Waals surface area contributed by atoms with Crippen LogP contribution in [0.2, 0.25) is 0 Å². The van der Waals surface area contributed by atoms with E-state index in [-0.39, 0.29) is 18.4 Å². The second-order valence-electron chi connectivity index (χ2n) is 6.38. The first kappa shape index (κ1) is 20.2. The third-order valence-corrected chi connectivity index (χ3v) is 5.41. The Labute approximate surface area is 169 Å². The SMILES string of the molecule is CCCOc1ccc(C2=C(SCCO)C(=O)N(c3ccccc3C)C2=O)cc1. The number of rotatable bonds is 8. The lowest BCUT2D eigenvalue weighted by Crippen LogP contribution is -2.31. The fraction of sp³-hybridized carbons (Fsp3) is 0.273. The number of nitrogens with zero attached hydrogens (tertiary/aromatic N) is 1. The molecular formula is C22H23NO4S. The Morgan fingerprint density at radius 3 is 2.39 bits per heavy atom. The lowest BCUT2D eigenvalue weighted by atomic mass is 10.1. The number of aliphatic hydroxyl groups excluding tert-OH is 1. The Morgan fingerprint density at radius 2 is 1.75 bits per heavy atom. The number of ether oxygens (including phenoxy) is 1. The van der Waals surface area contributed by atoms with Crippen LogP contribution in [0, 0.1) is 6.92 Å². The summed E-state index contributed by atoms with van der Waals surface area (Å²) in [6.45, 7) is 4.45. The van der Waals surface area contributed by atoms with Crippen LogP contribution in [0.15, 0.2) is 53.4 Å². The van der Waals surface area contributed by atoms with Crippen LogP contribution < -0.4 is 9.64 Å². The van der Waals surface area contributed by atoms with Crippen LogP contribution in [-0.2, 0) is 9.59 Å². The van der Waals surface area contributed by atoms with Crippen molar-refractivity contribution >= 4 is 34.8 Å². The number of anilines is 1. The molecule has 0 aromatic heterocycles. The highest BCUT2D eigenvalue weighted by molar-refractivity contribution is 8.04. The minimum atomic E-state index is -0.348. The van der Waals surface area contributed by atoms with Gasteiger partial charge in [-0.15, -0.1) is 11.8 Å². The summed E-state index contributed by atoms with van der Waals surface area (Å²) in [4.78, 5) is 27.9. The molecule has 0 aliphatic carbocycles. The maximum absolute atomic E-state index is 13.2. The molecule has 0 saturated carbocycles. The topological polar surface area (TPSA) is 66.8 Å². The van der Waals surface area contributed by atoms with Gasteiger partial charge in [0.15, 0.2) is 0 Å². The van der Waals surface area contributed by atoms with E-state index in [0.29, 0.717) is 34.1 Å². The van der Waals surface area contributed by atoms with E-state index in [1.54, 1.807) is 36.4 Å². The van der Waals surface area contributed by atoms with Gasteiger partial charge in [0.1, 0.15) is 5.75 Å². The first-order valence-corrected chi connectivity index (χ1v) is 10.2. The fourth-order valence-electron chi connectivity index (χ4n) is 3.02. The van der Waals surface area contributed by atoms with Gasteiger partial charge in [0, 0.05) is 5.75 Å². The fourth-order valence-corrected chi connectivity index (χ4v) is 3.88. The third-order valence-electron chi connectivity index (χ3n) is 4.35. The van der Waals surface area contributed by atoms with Gasteiger partial charge in [-0.3, -0.25) is 9.59 Å². The molecule has 0 fully saturated rings. The van der Waals surface area contributed by atoms with Crippen molar-refractivity contribution in [2.24, 2.45) is 0 Å². The molecule has 0 saturated heterocycles. The predicted molar refractivity (Wildman–Crippen MR) is 112 cm³/mol. The molecule has 0 atom stereocenters. The van der Waals surface area contributed by atoms with Crippen molar-refractivity contribution in [3.8, 4) is 5.75 Å². The number of aryl methyl sites for hydroxylation is 1. The smallest absolute Gasteiger partial charge is 0.272 e. The molecule has 0 spiro atoms. The third kappa shape index (κ3) is 3.98. The Kier molecular flexibility index (Phi) is 6.54. The largest absolute Gasteiger partial charge is 0.494 e. The molecule has 2 amide bonds. The van der Waals surface area contributed by atoms with Gasteiger partial charge in [-0.05, 0) is 42.7 Å². The van der Waals surface area contributed by atoms with Crippen LogP contribution in [0.5, 0.6) is 5.75 Å². The molecule has 0 bridgehead atoms. The van der Waals surface area contributed by atoms with Gasteiger partial charge in [-0.25, -0.2) is 4.90 Å². The Hall–Kier alpha value is -2.57. The Morgan fingerprint density at radius 1 is 1.04 bits per heavy atom. The molecule has 5 nitrogen and oxygen atoms in total. The average Bonchev–Trinajstić information content (AvgIpc) is 2.95. The zero-order valence-corrected chi connectivity index (χ0v) is 16.8. The average molecular weight is 397 g/mol. The summed E-state index contributed by atoms with van der Waals surface area (Å²) in [7, 11) is 0. The van der Waals surface area contributed by atoms with Crippen molar-refractivity contribution in [2.45, 2.75) is 20.3 Å². The maximum atomic E-state index is 13.2. The Balaban J connectivity index is 2.00. The van der Waals surface area contributed by atoms with E-state index in [0.717, 1.165) is 17.7 Å². The summed E-state index contributed by atoms with van der Waals surface area (Å²) >= 11 is 1.21. The minimum Gasteiger partial charge on any atom is -0.494 e. The zero-order valence-electron chi connectivity index (χ0n) is 16.0. The molecular weight excluding hydrogens is 374 g/mol. The number of amides is 2. The molecule has 1 aliphatic heterocycles. The number of hydrogen-bond acceptors (Lipinski definition) is 5. The highest BCUT2D eigenvalue weighted by atomic mass is 32.2. The molecule has 1 heterocycles. The molecule has 2 aromatic rings. The number of carbonyl (C=O) groups is 2. The van der Waals surface area contributed by atoms with Gasteiger partial charge < -0.3 is 9.84 Å². The number of para-hydroxylation sites is 1. The van der Waals surface area contributed by atoms with Crippen molar-refractivity contribution in [1.82, 2.24) is 0 Å². The van der Waals surface area contributed by atoms with E-state index >= 15 is 0 Å². The second kappa shape index (κ2) is 9.08. The lowest BCUT2D eigenvalue weighted by molar-refractivity contribution is -0.119. The van der Waals surface area contributed by atoms with Gasteiger partial charge >= 0.3 is 0 Å². The van der Waals surface area contributed by atoms with Gasteiger partial charge in [-0.1, -0.05) is 37.3 Å². The molecule has 1 aliphatic rings. The van der Waals surface area contributed by atoms with Gasteiger partial charge in [0.25, 0.3) is 11.8 Å². The number of imide groups is 1. The molecule has 6 heteroatoms. The number of aliphatic hydroxyl groups is 1. The zero-order chi connectivity index (χ0) is 20.1. The predicted octanol–water partition coefficient (Wildman–Crippen LogP) is 3.79. The van der Waals surface area contributed by atoms with Crippen LogP contribution in [0.1, 0.15) is 24.5 Å². The van der Waals surface area contributed by atoms with Crippen LogP contribution in [0.4, 0.5) is 5.69 Å². The van der Waals surface area contributed by atoms with Crippen LogP contribution in [0.3, 0.4) is 0 Å². The van der Waals surface area contributed by atoms with Crippen molar-refractivity contribution in [1.29, 1.82) is 0 Å². The Bertz CT molecular complexity index is 905. The van der Waals surface area contributed by atoms with Crippen LogP contribution in [-0.4, -0.2) is 35.9 Å². The number of carbonyl (C=O) groups excluding carboxylic acids is 2. The summed E-state index contributed by atoms with van der Waals surface area (Å²) in [5.74, 6) is 0.376. The van der Waals surface area contributed by atoms with E-state index in [4.69, 9.17) is 4.74 Å². The summed E-state index contributed by atoms with van der Waals surface area (Å²) in [5.41, 5.74) is 2.46. The van der Waals surface area contributed by atoms with Gasteiger partial charge in [0.05, 0.1) is 29.4 Å². The number of hydrogen-bond donors (Lipinski definition) is 1. The maximum Gasteiger partial charge on any atom is 0.272 e. The summed E-state index contributed by atoms with van der Waals surface area (Å²) in [5, 5.41) is 9.21. The highest BCUT2D eigenvalue weighted by Crippen LogP contribution is 2.39. The summed E-state index contributed by atoms with van der Waals surface area (Å²) in [6.07, 6.45) is 0.910. The lowest BCUT2D eigenvalue weighted by Gasteiger charge is -2.17. The number of thioether (sulfide) groups is 1. The molecule has 146 valence electrons. The van der Waals surface area contributed by atoms with E-state index in [1.165, 1.54) is 16.7 Å². The van der Waals surface area contributed by atoms with Gasteiger partial charge in [-0.2, -0.15) is 0 Å². The van der Waals surface area contributed by atoms with Crippen molar-refractivity contribution in [2.75, 3.05) is 23.9 Å². The first-order chi connectivity index (χ1) is 13.6.